The van der Waals surface area contributed by atoms with E-state index in [4.69, 9.17) is 9.84 Å². The number of carboxylic acid groups (broad SMARTS) is 1. The van der Waals surface area contributed by atoms with Gasteiger partial charge in [0.25, 0.3) is 5.91 Å². The number of amides is 1. The number of carboxylic acids is 1. The van der Waals surface area contributed by atoms with Gasteiger partial charge in [-0.25, -0.2) is 4.79 Å². The number of hydrogen-bond donors (Lipinski definition) is 3. The Hall–Kier alpha value is -3.02. The number of nitrogens with one attached hydrogen (secondary N) is 1. The number of para-hydroxylation sites is 1. The van der Waals surface area contributed by atoms with Gasteiger partial charge in [-0.15, -0.1) is 0 Å². The van der Waals surface area contributed by atoms with Crippen molar-refractivity contribution in [2.45, 2.75) is 13.3 Å². The van der Waals surface area contributed by atoms with Gasteiger partial charge < -0.3 is 20.3 Å². The molecule has 6 heteroatoms. The van der Waals surface area contributed by atoms with Gasteiger partial charge in [-0.2, -0.15) is 0 Å². The summed E-state index contributed by atoms with van der Waals surface area (Å²) in [5, 5.41) is 21.0. The summed E-state index contributed by atoms with van der Waals surface area (Å²) >= 11 is 0. The standard InChI is InChI=1S/C17H17NO5/c1-2-11-5-3-4-6-15(11)23-10-16(20)18-13-9-12(17(21)22)7-8-14(13)19/h3-9,19H,2,10H2,1H3,(H,18,20)(H,21,22). The molecule has 2 aromatic rings. The van der Waals surface area contributed by atoms with Crippen molar-refractivity contribution >= 4 is 17.6 Å². The summed E-state index contributed by atoms with van der Waals surface area (Å²) in [5.74, 6) is -1.23. The topological polar surface area (TPSA) is 95.9 Å². The highest BCUT2D eigenvalue weighted by Crippen LogP contribution is 2.24. The van der Waals surface area contributed by atoms with Crippen LogP contribution in [0.25, 0.3) is 0 Å². The maximum absolute atomic E-state index is 11.9. The van der Waals surface area contributed by atoms with E-state index in [1.807, 2.05) is 25.1 Å². The first kappa shape index (κ1) is 16.4. The van der Waals surface area contributed by atoms with E-state index >= 15 is 0 Å². The summed E-state index contributed by atoms with van der Waals surface area (Å²) in [6.07, 6.45) is 0.777. The van der Waals surface area contributed by atoms with Crippen LogP contribution in [0.1, 0.15) is 22.8 Å². The third-order valence-corrected chi connectivity index (χ3v) is 3.23. The summed E-state index contributed by atoms with van der Waals surface area (Å²) in [6.45, 7) is 1.74. The Balaban J connectivity index is 2.02. The highest BCUT2D eigenvalue weighted by Gasteiger charge is 2.11. The van der Waals surface area contributed by atoms with Gasteiger partial charge in [-0.3, -0.25) is 4.79 Å². The quantitative estimate of drug-likeness (QED) is 0.712. The Kier molecular flexibility index (Phi) is 5.19. The molecule has 0 aromatic heterocycles. The van der Waals surface area contributed by atoms with E-state index in [1.54, 1.807) is 6.07 Å². The van der Waals surface area contributed by atoms with Crippen molar-refractivity contribution in [3.05, 3.63) is 53.6 Å². The van der Waals surface area contributed by atoms with E-state index in [-0.39, 0.29) is 23.6 Å². The Labute approximate surface area is 133 Å². The molecule has 0 unspecified atom stereocenters. The second-order valence-electron chi connectivity index (χ2n) is 4.84. The minimum atomic E-state index is -1.14. The average Bonchev–Trinajstić information content (AvgIpc) is 2.55. The van der Waals surface area contributed by atoms with Crippen LogP contribution in [-0.4, -0.2) is 28.7 Å². The number of aryl methyl sites for hydroxylation is 1. The van der Waals surface area contributed by atoms with Gasteiger partial charge in [0.1, 0.15) is 11.5 Å². The smallest absolute Gasteiger partial charge is 0.335 e. The van der Waals surface area contributed by atoms with Gasteiger partial charge in [0.15, 0.2) is 6.61 Å². The molecule has 0 saturated heterocycles. The fraction of sp³-hybridized carbons (Fsp3) is 0.176. The third kappa shape index (κ3) is 4.23. The van der Waals surface area contributed by atoms with Crippen molar-refractivity contribution in [3.63, 3.8) is 0 Å². The molecule has 0 aliphatic carbocycles. The molecule has 120 valence electrons. The minimum Gasteiger partial charge on any atom is -0.506 e. The largest absolute Gasteiger partial charge is 0.506 e. The van der Waals surface area contributed by atoms with Gasteiger partial charge in [-0.05, 0) is 36.2 Å². The first-order chi connectivity index (χ1) is 11.0. The Morgan fingerprint density at radius 3 is 2.61 bits per heavy atom. The minimum absolute atomic E-state index is 0.0299. The van der Waals surface area contributed by atoms with Crippen LogP contribution in [0.15, 0.2) is 42.5 Å². The fourth-order valence-electron chi connectivity index (χ4n) is 2.04. The molecule has 0 heterocycles. The molecule has 2 rings (SSSR count). The van der Waals surface area contributed by atoms with Crippen LogP contribution in [0.5, 0.6) is 11.5 Å². The maximum Gasteiger partial charge on any atom is 0.335 e. The number of hydrogen-bond acceptors (Lipinski definition) is 4. The van der Waals surface area contributed by atoms with Crippen LogP contribution in [0.2, 0.25) is 0 Å². The van der Waals surface area contributed by atoms with Crippen molar-refractivity contribution in [2.75, 3.05) is 11.9 Å². The van der Waals surface area contributed by atoms with E-state index in [0.717, 1.165) is 12.0 Å². The number of carbonyl (C=O) groups is 2. The van der Waals surface area contributed by atoms with Gasteiger partial charge in [0, 0.05) is 0 Å². The van der Waals surface area contributed by atoms with Crippen molar-refractivity contribution in [1.82, 2.24) is 0 Å². The van der Waals surface area contributed by atoms with Crippen LogP contribution >= 0.6 is 0 Å². The van der Waals surface area contributed by atoms with E-state index < -0.39 is 11.9 Å². The van der Waals surface area contributed by atoms with Crippen molar-refractivity contribution < 1.29 is 24.5 Å². The number of anilines is 1. The highest BCUT2D eigenvalue weighted by molar-refractivity contribution is 5.96. The Morgan fingerprint density at radius 1 is 1.17 bits per heavy atom. The highest BCUT2D eigenvalue weighted by atomic mass is 16.5. The first-order valence-corrected chi connectivity index (χ1v) is 7.08. The van der Waals surface area contributed by atoms with E-state index in [9.17, 15) is 14.7 Å². The predicted octanol–water partition coefficient (Wildman–Crippen LogP) is 2.67. The van der Waals surface area contributed by atoms with Crippen molar-refractivity contribution in [3.8, 4) is 11.5 Å². The summed E-state index contributed by atoms with van der Waals surface area (Å²) in [5.41, 5.74) is 0.980. The molecule has 3 N–H and O–H groups in total. The molecular formula is C17H17NO5. The van der Waals surface area contributed by atoms with Crippen molar-refractivity contribution in [1.29, 1.82) is 0 Å². The van der Waals surface area contributed by atoms with Crippen LogP contribution < -0.4 is 10.1 Å². The lowest BCUT2D eigenvalue weighted by molar-refractivity contribution is -0.118. The second-order valence-corrected chi connectivity index (χ2v) is 4.84. The van der Waals surface area contributed by atoms with Crippen LogP contribution in [0.4, 0.5) is 5.69 Å². The van der Waals surface area contributed by atoms with Gasteiger partial charge in [0.2, 0.25) is 0 Å². The van der Waals surface area contributed by atoms with Gasteiger partial charge in [-0.1, -0.05) is 25.1 Å². The van der Waals surface area contributed by atoms with Gasteiger partial charge >= 0.3 is 5.97 Å². The molecule has 2 aromatic carbocycles. The fourth-order valence-corrected chi connectivity index (χ4v) is 2.04. The molecule has 0 fully saturated rings. The number of phenolic OH excluding ortho intramolecular Hbond substituents is 1. The number of phenols is 1. The second kappa shape index (κ2) is 7.31. The van der Waals surface area contributed by atoms with Gasteiger partial charge in [0.05, 0.1) is 11.3 Å². The lowest BCUT2D eigenvalue weighted by atomic mass is 10.1. The molecule has 0 radical (unpaired) electrons. The molecule has 0 spiro atoms. The third-order valence-electron chi connectivity index (χ3n) is 3.23. The van der Waals surface area contributed by atoms with Crippen molar-refractivity contribution in [2.24, 2.45) is 0 Å². The molecule has 6 nitrogen and oxygen atoms in total. The number of carbonyl (C=O) groups excluding carboxylic acids is 1. The summed E-state index contributed by atoms with van der Waals surface area (Å²) in [7, 11) is 0. The monoisotopic (exact) mass is 315 g/mol. The van der Waals surface area contributed by atoms with Crippen LogP contribution in [0, 0.1) is 0 Å². The normalized spacial score (nSPS) is 10.1. The average molecular weight is 315 g/mol. The number of aromatic carboxylic acids is 1. The number of ether oxygens (including phenoxy) is 1. The zero-order chi connectivity index (χ0) is 16.8. The lowest BCUT2D eigenvalue weighted by Gasteiger charge is -2.11. The molecule has 23 heavy (non-hydrogen) atoms. The summed E-state index contributed by atoms with van der Waals surface area (Å²) < 4.78 is 5.47. The molecule has 0 bridgehead atoms. The molecular weight excluding hydrogens is 298 g/mol. The molecule has 0 aliphatic rings. The Morgan fingerprint density at radius 2 is 1.91 bits per heavy atom. The summed E-state index contributed by atoms with van der Waals surface area (Å²) in [4.78, 5) is 22.8. The SMILES string of the molecule is CCc1ccccc1OCC(=O)Nc1cc(C(=O)O)ccc1O. The molecule has 0 saturated carbocycles. The molecule has 0 atom stereocenters. The summed E-state index contributed by atoms with van der Waals surface area (Å²) in [6, 6.07) is 11.0. The number of rotatable bonds is 6. The number of benzene rings is 2. The molecule has 1 amide bonds. The number of aromatic hydroxyl groups is 1. The zero-order valence-electron chi connectivity index (χ0n) is 12.6. The van der Waals surface area contributed by atoms with E-state index in [1.165, 1.54) is 18.2 Å². The first-order valence-electron chi connectivity index (χ1n) is 7.08. The Bertz CT molecular complexity index is 727. The zero-order valence-corrected chi connectivity index (χ0v) is 12.6. The maximum atomic E-state index is 11.9. The van der Waals surface area contributed by atoms with E-state index in [2.05, 4.69) is 5.32 Å². The predicted molar refractivity (Wildman–Crippen MR) is 85.0 cm³/mol. The van der Waals surface area contributed by atoms with E-state index in [0.29, 0.717) is 5.75 Å². The molecule has 0 aliphatic heterocycles. The van der Waals surface area contributed by atoms with Crippen LogP contribution in [0.3, 0.4) is 0 Å². The lowest BCUT2D eigenvalue weighted by Crippen LogP contribution is -2.20. The van der Waals surface area contributed by atoms with Crippen LogP contribution in [-0.2, 0) is 11.2 Å².